The normalized spacial score (nSPS) is 10.4. The molecular formula is C11H18N2O3. The average molecular weight is 226 g/mol. The van der Waals surface area contributed by atoms with E-state index in [-0.39, 0.29) is 12.1 Å². The fraction of sp³-hybridized carbons (Fsp3) is 0.545. The van der Waals surface area contributed by atoms with Crippen LogP contribution in [0.2, 0.25) is 0 Å². The number of hydrogen-bond acceptors (Lipinski definition) is 3. The van der Waals surface area contributed by atoms with E-state index in [1.165, 1.54) is 6.26 Å². The number of ether oxygens (including phenoxy) is 1. The van der Waals surface area contributed by atoms with E-state index in [2.05, 4.69) is 10.6 Å². The molecule has 0 fully saturated rings. The van der Waals surface area contributed by atoms with E-state index in [4.69, 9.17) is 9.15 Å². The Hall–Kier alpha value is -1.49. The highest BCUT2D eigenvalue weighted by atomic mass is 16.5. The lowest BCUT2D eigenvalue weighted by Crippen LogP contribution is -2.30. The van der Waals surface area contributed by atoms with Gasteiger partial charge in [0.25, 0.3) is 0 Å². The van der Waals surface area contributed by atoms with Crippen molar-refractivity contribution in [2.24, 2.45) is 0 Å². The van der Waals surface area contributed by atoms with E-state index in [0.29, 0.717) is 19.0 Å². The Bertz CT molecular complexity index is 296. The van der Waals surface area contributed by atoms with Gasteiger partial charge in [-0.2, -0.15) is 0 Å². The molecule has 0 atom stereocenters. The standard InChI is InChI=1S/C11H18N2O3/c1-9(2)15-8-4-6-12-11(14)13-10-5-3-7-16-10/h3,5,7,9H,4,6,8H2,1-2H3,(H2,12,13,14). The van der Waals surface area contributed by atoms with Gasteiger partial charge in [-0.3, -0.25) is 5.32 Å². The number of rotatable bonds is 6. The molecule has 16 heavy (non-hydrogen) atoms. The molecule has 0 spiro atoms. The topological polar surface area (TPSA) is 63.5 Å². The minimum atomic E-state index is -0.264. The smallest absolute Gasteiger partial charge is 0.321 e. The molecule has 0 aliphatic carbocycles. The summed E-state index contributed by atoms with van der Waals surface area (Å²) in [6.07, 6.45) is 2.53. The number of anilines is 1. The SMILES string of the molecule is CC(C)OCCCNC(=O)Nc1ccco1. The highest BCUT2D eigenvalue weighted by Crippen LogP contribution is 2.05. The largest absolute Gasteiger partial charge is 0.449 e. The first-order valence-corrected chi connectivity index (χ1v) is 5.38. The molecule has 1 aromatic rings. The second-order valence-corrected chi connectivity index (χ2v) is 3.63. The number of hydrogen-bond donors (Lipinski definition) is 2. The van der Waals surface area contributed by atoms with Crippen LogP contribution in [0.3, 0.4) is 0 Å². The molecule has 0 saturated heterocycles. The molecule has 0 bridgehead atoms. The fourth-order valence-corrected chi connectivity index (χ4v) is 1.10. The van der Waals surface area contributed by atoms with Gasteiger partial charge in [-0.25, -0.2) is 4.79 Å². The summed E-state index contributed by atoms with van der Waals surface area (Å²) in [4.78, 5) is 11.3. The van der Waals surface area contributed by atoms with Crippen LogP contribution in [-0.2, 0) is 4.74 Å². The van der Waals surface area contributed by atoms with Crippen molar-refractivity contribution in [3.8, 4) is 0 Å². The summed E-state index contributed by atoms with van der Waals surface area (Å²) in [6, 6.07) is 3.13. The van der Waals surface area contributed by atoms with Gasteiger partial charge in [0.2, 0.25) is 5.88 Å². The maximum absolute atomic E-state index is 11.3. The Labute approximate surface area is 95.2 Å². The highest BCUT2D eigenvalue weighted by Gasteiger charge is 2.02. The molecule has 1 rings (SSSR count). The summed E-state index contributed by atoms with van der Waals surface area (Å²) in [7, 11) is 0. The van der Waals surface area contributed by atoms with Gasteiger partial charge in [-0.1, -0.05) is 0 Å². The lowest BCUT2D eigenvalue weighted by atomic mass is 10.4. The first-order chi connectivity index (χ1) is 7.68. The van der Waals surface area contributed by atoms with Gasteiger partial charge in [0.05, 0.1) is 12.4 Å². The van der Waals surface area contributed by atoms with E-state index >= 15 is 0 Å². The number of carbonyl (C=O) groups is 1. The van der Waals surface area contributed by atoms with Crippen LogP contribution >= 0.6 is 0 Å². The Morgan fingerprint density at radius 2 is 2.38 bits per heavy atom. The zero-order valence-electron chi connectivity index (χ0n) is 9.66. The van der Waals surface area contributed by atoms with Gasteiger partial charge >= 0.3 is 6.03 Å². The highest BCUT2D eigenvalue weighted by molar-refractivity contribution is 5.87. The monoisotopic (exact) mass is 226 g/mol. The van der Waals surface area contributed by atoms with Crippen molar-refractivity contribution in [1.29, 1.82) is 0 Å². The van der Waals surface area contributed by atoms with Gasteiger partial charge in [-0.15, -0.1) is 0 Å². The van der Waals surface area contributed by atoms with E-state index in [9.17, 15) is 4.79 Å². The molecule has 0 aromatic carbocycles. The van der Waals surface area contributed by atoms with Crippen LogP contribution < -0.4 is 10.6 Å². The average Bonchev–Trinajstić information content (AvgIpc) is 2.69. The van der Waals surface area contributed by atoms with Crippen LogP contribution in [-0.4, -0.2) is 25.3 Å². The Morgan fingerprint density at radius 1 is 1.56 bits per heavy atom. The van der Waals surface area contributed by atoms with Crippen molar-refractivity contribution in [3.05, 3.63) is 18.4 Å². The maximum Gasteiger partial charge on any atom is 0.321 e. The lowest BCUT2D eigenvalue weighted by Gasteiger charge is -2.08. The van der Waals surface area contributed by atoms with E-state index in [0.717, 1.165) is 6.42 Å². The van der Waals surface area contributed by atoms with Gasteiger partial charge in [0, 0.05) is 19.2 Å². The van der Waals surface area contributed by atoms with Crippen molar-refractivity contribution >= 4 is 11.9 Å². The van der Waals surface area contributed by atoms with Crippen molar-refractivity contribution in [3.63, 3.8) is 0 Å². The molecule has 0 aliphatic rings. The van der Waals surface area contributed by atoms with Gasteiger partial charge < -0.3 is 14.5 Å². The van der Waals surface area contributed by atoms with Crippen LogP contribution in [0.1, 0.15) is 20.3 Å². The Kier molecular flexibility index (Phi) is 5.42. The molecule has 0 aliphatic heterocycles. The molecule has 0 unspecified atom stereocenters. The van der Waals surface area contributed by atoms with Gasteiger partial charge in [0.1, 0.15) is 0 Å². The van der Waals surface area contributed by atoms with Gasteiger partial charge in [0.15, 0.2) is 0 Å². The lowest BCUT2D eigenvalue weighted by molar-refractivity contribution is 0.0775. The van der Waals surface area contributed by atoms with E-state index in [1.807, 2.05) is 13.8 Å². The minimum absolute atomic E-state index is 0.233. The summed E-state index contributed by atoms with van der Waals surface area (Å²) in [5, 5.41) is 5.27. The first kappa shape index (κ1) is 12.6. The van der Waals surface area contributed by atoms with Crippen molar-refractivity contribution in [2.45, 2.75) is 26.4 Å². The van der Waals surface area contributed by atoms with E-state index < -0.39 is 0 Å². The van der Waals surface area contributed by atoms with Crippen LogP contribution in [0.25, 0.3) is 0 Å². The Morgan fingerprint density at radius 3 is 3.00 bits per heavy atom. The number of amides is 2. The predicted molar refractivity (Wildman–Crippen MR) is 61.4 cm³/mol. The predicted octanol–water partition coefficient (Wildman–Crippen LogP) is 2.22. The molecule has 1 heterocycles. The molecule has 0 radical (unpaired) electrons. The van der Waals surface area contributed by atoms with Crippen LogP contribution in [0, 0.1) is 0 Å². The second kappa shape index (κ2) is 6.90. The second-order valence-electron chi connectivity index (χ2n) is 3.63. The third-order valence-corrected chi connectivity index (χ3v) is 1.82. The molecule has 5 heteroatoms. The van der Waals surface area contributed by atoms with Crippen LogP contribution in [0.4, 0.5) is 10.7 Å². The summed E-state index contributed by atoms with van der Waals surface area (Å²) in [6.45, 7) is 5.20. The first-order valence-electron chi connectivity index (χ1n) is 5.38. The summed E-state index contributed by atoms with van der Waals surface area (Å²) in [5.74, 6) is 0.441. The van der Waals surface area contributed by atoms with Crippen LogP contribution in [0.15, 0.2) is 22.8 Å². The molecular weight excluding hydrogens is 208 g/mol. The molecule has 1 aromatic heterocycles. The molecule has 90 valence electrons. The Balaban J connectivity index is 2.03. The summed E-state index contributed by atoms with van der Waals surface area (Å²) in [5.41, 5.74) is 0. The van der Waals surface area contributed by atoms with Crippen molar-refractivity contribution in [1.82, 2.24) is 5.32 Å². The van der Waals surface area contributed by atoms with Crippen molar-refractivity contribution < 1.29 is 13.9 Å². The fourth-order valence-electron chi connectivity index (χ4n) is 1.10. The number of urea groups is 1. The molecule has 2 amide bonds. The molecule has 5 nitrogen and oxygen atoms in total. The molecule has 0 saturated carbocycles. The zero-order chi connectivity index (χ0) is 11.8. The van der Waals surface area contributed by atoms with Crippen molar-refractivity contribution in [2.75, 3.05) is 18.5 Å². The zero-order valence-corrected chi connectivity index (χ0v) is 9.66. The van der Waals surface area contributed by atoms with Gasteiger partial charge in [-0.05, 0) is 26.3 Å². The van der Waals surface area contributed by atoms with Crippen LogP contribution in [0.5, 0.6) is 0 Å². The third kappa shape index (κ3) is 5.41. The van der Waals surface area contributed by atoms with E-state index in [1.54, 1.807) is 12.1 Å². The quantitative estimate of drug-likeness (QED) is 0.731. The summed E-state index contributed by atoms with van der Waals surface area (Å²) >= 11 is 0. The minimum Gasteiger partial charge on any atom is -0.449 e. The number of nitrogens with one attached hydrogen (secondary N) is 2. The summed E-state index contributed by atoms with van der Waals surface area (Å²) < 4.78 is 10.3. The molecule has 2 N–H and O–H groups in total. The number of furan rings is 1. The maximum atomic E-state index is 11.3. The number of carbonyl (C=O) groups excluding carboxylic acids is 1. The third-order valence-electron chi connectivity index (χ3n) is 1.82.